The molecule has 8 nitrogen and oxygen atoms in total. The van der Waals surface area contributed by atoms with Gasteiger partial charge in [-0.05, 0) is 42.5 Å². The van der Waals surface area contributed by atoms with Gasteiger partial charge in [0.1, 0.15) is 11.5 Å². The van der Waals surface area contributed by atoms with Gasteiger partial charge in [-0.15, -0.1) is 0 Å². The molecule has 3 heterocycles. The molecule has 4 rings (SSSR count). The monoisotopic (exact) mass is 407 g/mol. The van der Waals surface area contributed by atoms with Gasteiger partial charge in [-0.25, -0.2) is 18.1 Å². The standard InChI is InChI=1S/C20H17N5O3S/c1-29(27,28)15-6-4-5-14(13-15)25-18(10-12-22-25)20(26)24-19-9-8-17(23-19)16-7-2-3-11-21-16/h2-8,10-13H,9H2,1H3,(H,23,24,26). The molecule has 1 N–H and O–H groups in total. The van der Waals surface area contributed by atoms with Crippen LogP contribution in [0, 0.1) is 0 Å². The molecule has 1 amide bonds. The molecule has 0 saturated carbocycles. The molecule has 146 valence electrons. The molecule has 0 fully saturated rings. The van der Waals surface area contributed by atoms with Crippen molar-refractivity contribution in [3.05, 3.63) is 78.4 Å². The van der Waals surface area contributed by atoms with Crippen LogP contribution in [0.5, 0.6) is 0 Å². The molecular formula is C20H17N5O3S. The van der Waals surface area contributed by atoms with E-state index in [1.807, 2.05) is 24.3 Å². The van der Waals surface area contributed by atoms with E-state index in [1.54, 1.807) is 24.4 Å². The summed E-state index contributed by atoms with van der Waals surface area (Å²) >= 11 is 0. The Kier molecular flexibility index (Phi) is 4.81. The van der Waals surface area contributed by atoms with Gasteiger partial charge in [0.25, 0.3) is 5.91 Å². The van der Waals surface area contributed by atoms with Gasteiger partial charge in [-0.1, -0.05) is 12.1 Å². The van der Waals surface area contributed by atoms with Crippen LogP contribution in [0.25, 0.3) is 11.4 Å². The Morgan fingerprint density at radius 3 is 2.72 bits per heavy atom. The van der Waals surface area contributed by atoms with Gasteiger partial charge in [0.05, 0.1) is 28.2 Å². The zero-order valence-corrected chi connectivity index (χ0v) is 16.3. The highest BCUT2D eigenvalue weighted by Gasteiger charge is 2.19. The van der Waals surface area contributed by atoms with Crippen LogP contribution in [0.2, 0.25) is 0 Å². The van der Waals surface area contributed by atoms with Crippen LogP contribution in [0.1, 0.15) is 22.6 Å². The van der Waals surface area contributed by atoms with Crippen LogP contribution in [-0.4, -0.2) is 41.2 Å². The SMILES string of the molecule is CS(=O)(=O)c1cccc(-n2nccc2C(=O)NC2=NC(c3ccccn3)=CC2)c1. The van der Waals surface area contributed by atoms with Crippen molar-refractivity contribution < 1.29 is 13.2 Å². The molecule has 1 aliphatic heterocycles. The van der Waals surface area contributed by atoms with Crippen LogP contribution >= 0.6 is 0 Å². The third-order valence-electron chi connectivity index (χ3n) is 4.30. The smallest absolute Gasteiger partial charge is 0.275 e. The zero-order valence-electron chi connectivity index (χ0n) is 15.5. The number of sulfone groups is 1. The molecule has 9 heteroatoms. The Labute approximate surface area is 167 Å². The van der Waals surface area contributed by atoms with Crippen molar-refractivity contribution in [2.75, 3.05) is 6.26 Å². The number of pyridine rings is 1. The van der Waals surface area contributed by atoms with E-state index in [0.29, 0.717) is 23.6 Å². The molecule has 0 bridgehead atoms. The summed E-state index contributed by atoms with van der Waals surface area (Å²) in [6, 6.07) is 13.4. The minimum absolute atomic E-state index is 0.154. The molecule has 0 radical (unpaired) electrons. The molecule has 1 aromatic carbocycles. The predicted molar refractivity (Wildman–Crippen MR) is 108 cm³/mol. The Morgan fingerprint density at radius 1 is 1.10 bits per heavy atom. The first-order chi connectivity index (χ1) is 13.9. The second-order valence-corrected chi connectivity index (χ2v) is 8.43. The maximum atomic E-state index is 12.8. The summed E-state index contributed by atoms with van der Waals surface area (Å²) < 4.78 is 25.0. The van der Waals surface area contributed by atoms with E-state index >= 15 is 0 Å². The van der Waals surface area contributed by atoms with Crippen molar-refractivity contribution in [2.24, 2.45) is 4.99 Å². The third-order valence-corrected chi connectivity index (χ3v) is 5.41. The fourth-order valence-electron chi connectivity index (χ4n) is 2.91. The van der Waals surface area contributed by atoms with Crippen LogP contribution in [-0.2, 0) is 9.84 Å². The minimum atomic E-state index is -3.37. The predicted octanol–water partition coefficient (Wildman–Crippen LogP) is 2.24. The fourth-order valence-corrected chi connectivity index (χ4v) is 3.57. The number of rotatable bonds is 4. The number of carbonyl (C=O) groups excluding carboxylic acids is 1. The number of nitrogens with zero attached hydrogens (tertiary/aromatic N) is 4. The van der Waals surface area contributed by atoms with Gasteiger partial charge in [0, 0.05) is 18.9 Å². The van der Waals surface area contributed by atoms with Gasteiger partial charge in [0.2, 0.25) is 0 Å². The number of benzene rings is 1. The summed E-state index contributed by atoms with van der Waals surface area (Å²) in [7, 11) is -3.37. The summed E-state index contributed by atoms with van der Waals surface area (Å²) in [6.07, 6.45) is 6.68. The summed E-state index contributed by atoms with van der Waals surface area (Å²) in [5.41, 5.74) is 2.18. The van der Waals surface area contributed by atoms with Gasteiger partial charge in [-0.3, -0.25) is 9.78 Å². The molecule has 0 unspecified atom stereocenters. The highest BCUT2D eigenvalue weighted by molar-refractivity contribution is 7.90. The number of aliphatic imine (C=N–C) groups is 1. The average molecular weight is 407 g/mol. The number of hydrogen-bond acceptors (Lipinski definition) is 6. The Balaban J connectivity index is 1.56. The topological polar surface area (TPSA) is 106 Å². The van der Waals surface area contributed by atoms with Crippen molar-refractivity contribution >= 4 is 27.3 Å². The van der Waals surface area contributed by atoms with Crippen LogP contribution < -0.4 is 5.32 Å². The van der Waals surface area contributed by atoms with Gasteiger partial charge >= 0.3 is 0 Å². The van der Waals surface area contributed by atoms with Crippen LogP contribution in [0.4, 0.5) is 0 Å². The number of nitrogens with one attached hydrogen (secondary N) is 1. The first kappa shape index (κ1) is 18.8. The van der Waals surface area contributed by atoms with E-state index < -0.39 is 9.84 Å². The normalized spacial score (nSPS) is 13.7. The summed E-state index contributed by atoms with van der Waals surface area (Å²) in [5, 5.41) is 6.95. The quantitative estimate of drug-likeness (QED) is 0.714. The van der Waals surface area contributed by atoms with Crippen molar-refractivity contribution in [1.29, 1.82) is 0 Å². The molecule has 0 aliphatic carbocycles. The van der Waals surface area contributed by atoms with Crippen molar-refractivity contribution in [3.8, 4) is 5.69 Å². The average Bonchev–Trinajstić information content (AvgIpc) is 3.38. The Hall–Kier alpha value is -3.59. The Morgan fingerprint density at radius 2 is 1.97 bits per heavy atom. The number of aromatic nitrogens is 3. The first-order valence-electron chi connectivity index (χ1n) is 8.77. The van der Waals surface area contributed by atoms with E-state index in [2.05, 4.69) is 20.4 Å². The summed E-state index contributed by atoms with van der Waals surface area (Å²) in [4.78, 5) is 21.6. The molecule has 0 atom stereocenters. The summed E-state index contributed by atoms with van der Waals surface area (Å²) in [5.74, 6) is 0.120. The van der Waals surface area contributed by atoms with Gasteiger partial charge < -0.3 is 5.32 Å². The van der Waals surface area contributed by atoms with E-state index in [-0.39, 0.29) is 16.5 Å². The molecule has 2 aromatic heterocycles. The lowest BCUT2D eigenvalue weighted by Gasteiger charge is -2.09. The van der Waals surface area contributed by atoms with E-state index in [4.69, 9.17) is 0 Å². The minimum Gasteiger partial charge on any atom is -0.308 e. The molecule has 1 aliphatic rings. The summed E-state index contributed by atoms with van der Waals surface area (Å²) in [6.45, 7) is 0. The van der Waals surface area contributed by atoms with Crippen LogP contribution in [0.15, 0.2) is 76.9 Å². The number of hydrogen-bond donors (Lipinski definition) is 1. The highest BCUT2D eigenvalue weighted by Crippen LogP contribution is 2.20. The number of carbonyl (C=O) groups is 1. The lowest BCUT2D eigenvalue weighted by Crippen LogP contribution is -2.31. The zero-order chi connectivity index (χ0) is 20.4. The molecule has 0 spiro atoms. The first-order valence-corrected chi connectivity index (χ1v) is 10.7. The second-order valence-electron chi connectivity index (χ2n) is 6.42. The number of amidine groups is 1. The maximum absolute atomic E-state index is 12.8. The highest BCUT2D eigenvalue weighted by atomic mass is 32.2. The molecule has 0 saturated heterocycles. The lowest BCUT2D eigenvalue weighted by molar-refractivity contribution is 0.0969. The number of amides is 1. The Bertz CT molecular complexity index is 1240. The third kappa shape index (κ3) is 3.99. The van der Waals surface area contributed by atoms with Crippen molar-refractivity contribution in [2.45, 2.75) is 11.3 Å². The lowest BCUT2D eigenvalue weighted by atomic mass is 10.2. The second kappa shape index (κ2) is 7.44. The molecular weight excluding hydrogens is 390 g/mol. The van der Waals surface area contributed by atoms with E-state index in [0.717, 1.165) is 11.9 Å². The van der Waals surface area contributed by atoms with Gasteiger partial charge in [0.15, 0.2) is 9.84 Å². The van der Waals surface area contributed by atoms with Gasteiger partial charge in [-0.2, -0.15) is 5.10 Å². The van der Waals surface area contributed by atoms with Crippen molar-refractivity contribution in [3.63, 3.8) is 0 Å². The van der Waals surface area contributed by atoms with Crippen LogP contribution in [0.3, 0.4) is 0 Å². The van der Waals surface area contributed by atoms with E-state index in [1.165, 1.54) is 23.0 Å². The maximum Gasteiger partial charge on any atom is 0.275 e. The largest absolute Gasteiger partial charge is 0.308 e. The fraction of sp³-hybridized carbons (Fsp3) is 0.100. The molecule has 3 aromatic rings. The molecule has 29 heavy (non-hydrogen) atoms. The van der Waals surface area contributed by atoms with E-state index in [9.17, 15) is 13.2 Å². The van der Waals surface area contributed by atoms with Crippen molar-refractivity contribution in [1.82, 2.24) is 20.1 Å².